The van der Waals surface area contributed by atoms with Crippen LogP contribution in [0, 0.1) is 0 Å². The molecule has 2 aromatic rings. The van der Waals surface area contributed by atoms with Crippen LogP contribution in [0.15, 0.2) is 42.5 Å². The number of carbonyl (C=O) groups is 1. The van der Waals surface area contributed by atoms with Crippen LogP contribution in [-0.4, -0.2) is 57.4 Å². The number of nitrogens with zero attached hydrogens (tertiary/aromatic N) is 2. The van der Waals surface area contributed by atoms with Crippen molar-refractivity contribution in [2.24, 2.45) is 0 Å². The standard InChI is InChI=1S/C24H28N2O4/c1-28-21-5-2-19(3-6-21)24(8-9-24)23(27)26-12-15-30-22-7-4-20(16-18(22)17-26)25-10-13-29-14-11-25/h2-7,16H,8-15,17H2,1H3. The molecule has 1 saturated heterocycles. The fourth-order valence-corrected chi connectivity index (χ4v) is 4.54. The largest absolute Gasteiger partial charge is 0.497 e. The van der Waals surface area contributed by atoms with Crippen LogP contribution < -0.4 is 14.4 Å². The van der Waals surface area contributed by atoms with Gasteiger partial charge in [-0.3, -0.25) is 4.79 Å². The van der Waals surface area contributed by atoms with Crippen molar-refractivity contribution in [1.29, 1.82) is 0 Å². The van der Waals surface area contributed by atoms with Gasteiger partial charge in [0.25, 0.3) is 0 Å². The molecule has 1 aliphatic carbocycles. The molecule has 5 rings (SSSR count). The Morgan fingerprint density at radius 1 is 1.00 bits per heavy atom. The highest BCUT2D eigenvalue weighted by molar-refractivity contribution is 5.91. The quantitative estimate of drug-likeness (QED) is 0.779. The van der Waals surface area contributed by atoms with Crippen molar-refractivity contribution in [2.75, 3.05) is 51.5 Å². The third kappa shape index (κ3) is 3.49. The third-order valence-corrected chi connectivity index (χ3v) is 6.49. The molecule has 0 radical (unpaired) electrons. The van der Waals surface area contributed by atoms with Gasteiger partial charge in [0.1, 0.15) is 18.1 Å². The van der Waals surface area contributed by atoms with Gasteiger partial charge in [0.15, 0.2) is 0 Å². The Balaban J connectivity index is 1.37. The van der Waals surface area contributed by atoms with Crippen molar-refractivity contribution in [3.05, 3.63) is 53.6 Å². The zero-order valence-corrected chi connectivity index (χ0v) is 17.4. The normalized spacial score (nSPS) is 20.0. The highest BCUT2D eigenvalue weighted by Gasteiger charge is 2.53. The molecule has 0 atom stereocenters. The van der Waals surface area contributed by atoms with E-state index < -0.39 is 5.41 Å². The zero-order valence-electron chi connectivity index (χ0n) is 17.4. The average molecular weight is 408 g/mol. The summed E-state index contributed by atoms with van der Waals surface area (Å²) in [6.45, 7) is 5.01. The number of anilines is 1. The summed E-state index contributed by atoms with van der Waals surface area (Å²) in [5.41, 5.74) is 2.95. The molecule has 0 spiro atoms. The number of benzene rings is 2. The molecule has 6 nitrogen and oxygen atoms in total. The molecule has 0 aromatic heterocycles. The van der Waals surface area contributed by atoms with E-state index >= 15 is 0 Å². The first kappa shape index (κ1) is 19.2. The monoisotopic (exact) mass is 408 g/mol. The maximum Gasteiger partial charge on any atom is 0.233 e. The Kier molecular flexibility index (Phi) is 5.03. The second-order valence-electron chi connectivity index (χ2n) is 8.28. The van der Waals surface area contributed by atoms with Crippen LogP contribution in [0.4, 0.5) is 5.69 Å². The summed E-state index contributed by atoms with van der Waals surface area (Å²) in [6.07, 6.45) is 1.80. The van der Waals surface area contributed by atoms with Gasteiger partial charge in [-0.1, -0.05) is 12.1 Å². The number of hydrogen-bond acceptors (Lipinski definition) is 5. The van der Waals surface area contributed by atoms with E-state index in [0.29, 0.717) is 19.7 Å². The van der Waals surface area contributed by atoms with E-state index in [4.69, 9.17) is 14.2 Å². The fourth-order valence-electron chi connectivity index (χ4n) is 4.54. The van der Waals surface area contributed by atoms with Crippen molar-refractivity contribution in [3.8, 4) is 11.5 Å². The topological polar surface area (TPSA) is 51.2 Å². The lowest BCUT2D eigenvalue weighted by Gasteiger charge is -2.30. The second-order valence-corrected chi connectivity index (χ2v) is 8.28. The molecular formula is C24H28N2O4. The van der Waals surface area contributed by atoms with Crippen molar-refractivity contribution in [3.63, 3.8) is 0 Å². The highest BCUT2D eigenvalue weighted by atomic mass is 16.5. The third-order valence-electron chi connectivity index (χ3n) is 6.49. The molecule has 158 valence electrons. The van der Waals surface area contributed by atoms with Gasteiger partial charge in [-0.25, -0.2) is 0 Å². The minimum atomic E-state index is -0.390. The molecule has 0 unspecified atom stereocenters. The van der Waals surface area contributed by atoms with Gasteiger partial charge in [-0.15, -0.1) is 0 Å². The summed E-state index contributed by atoms with van der Waals surface area (Å²) in [5.74, 6) is 1.91. The van der Waals surface area contributed by atoms with E-state index in [1.165, 1.54) is 5.69 Å². The molecule has 2 fully saturated rings. The molecule has 2 aliphatic heterocycles. The summed E-state index contributed by atoms with van der Waals surface area (Å²) < 4.78 is 16.7. The minimum absolute atomic E-state index is 0.209. The van der Waals surface area contributed by atoms with Crippen LogP contribution in [-0.2, 0) is 21.5 Å². The number of methoxy groups -OCH3 is 1. The van der Waals surface area contributed by atoms with Crippen LogP contribution in [0.2, 0.25) is 0 Å². The number of rotatable bonds is 4. The molecule has 30 heavy (non-hydrogen) atoms. The van der Waals surface area contributed by atoms with Gasteiger partial charge >= 0.3 is 0 Å². The maximum atomic E-state index is 13.6. The lowest BCUT2D eigenvalue weighted by Crippen LogP contribution is -2.40. The minimum Gasteiger partial charge on any atom is -0.497 e. The Morgan fingerprint density at radius 3 is 2.47 bits per heavy atom. The van der Waals surface area contributed by atoms with Crippen molar-refractivity contribution < 1.29 is 19.0 Å². The molecule has 1 amide bonds. The fraction of sp³-hybridized carbons (Fsp3) is 0.458. The highest BCUT2D eigenvalue weighted by Crippen LogP contribution is 2.50. The number of ether oxygens (including phenoxy) is 3. The Bertz CT molecular complexity index is 917. The molecule has 2 aromatic carbocycles. The zero-order chi connectivity index (χ0) is 20.6. The maximum absolute atomic E-state index is 13.6. The average Bonchev–Trinajstić information content (AvgIpc) is 3.63. The van der Waals surface area contributed by atoms with Crippen molar-refractivity contribution in [2.45, 2.75) is 24.8 Å². The van der Waals surface area contributed by atoms with Gasteiger partial charge in [-0.2, -0.15) is 0 Å². The van der Waals surface area contributed by atoms with Crippen LogP contribution in [0.1, 0.15) is 24.0 Å². The molecule has 1 saturated carbocycles. The predicted molar refractivity (Wildman–Crippen MR) is 114 cm³/mol. The Labute approximate surface area is 177 Å². The number of carbonyl (C=O) groups excluding carboxylic acids is 1. The van der Waals surface area contributed by atoms with E-state index in [0.717, 1.165) is 61.8 Å². The molecule has 0 N–H and O–H groups in total. The first-order valence-electron chi connectivity index (χ1n) is 10.7. The number of fused-ring (bicyclic) bond motifs is 1. The second kappa shape index (κ2) is 7.84. The molecule has 0 bridgehead atoms. The Morgan fingerprint density at radius 2 is 1.77 bits per heavy atom. The van der Waals surface area contributed by atoms with Crippen molar-refractivity contribution in [1.82, 2.24) is 4.90 Å². The van der Waals surface area contributed by atoms with E-state index in [1.54, 1.807) is 7.11 Å². The van der Waals surface area contributed by atoms with Crippen LogP contribution in [0.25, 0.3) is 0 Å². The van der Waals surface area contributed by atoms with Crippen molar-refractivity contribution >= 4 is 11.6 Å². The first-order chi connectivity index (χ1) is 14.7. The number of hydrogen-bond donors (Lipinski definition) is 0. The van der Waals surface area contributed by atoms with Crippen LogP contribution in [0.3, 0.4) is 0 Å². The van der Waals surface area contributed by atoms with Gasteiger partial charge in [-0.05, 0) is 48.7 Å². The van der Waals surface area contributed by atoms with E-state index in [1.807, 2.05) is 35.2 Å². The number of morpholine rings is 1. The van der Waals surface area contributed by atoms with Gasteiger partial charge in [0.05, 0.1) is 32.3 Å². The van der Waals surface area contributed by atoms with E-state index in [9.17, 15) is 4.79 Å². The number of amides is 1. The molecule has 3 aliphatic rings. The van der Waals surface area contributed by atoms with Gasteiger partial charge in [0, 0.05) is 30.9 Å². The summed E-state index contributed by atoms with van der Waals surface area (Å²) in [7, 11) is 1.66. The van der Waals surface area contributed by atoms with Gasteiger partial charge < -0.3 is 24.0 Å². The summed E-state index contributed by atoms with van der Waals surface area (Å²) in [4.78, 5) is 17.9. The SMILES string of the molecule is COc1ccc(C2(C(=O)N3CCOc4ccc(N5CCOCC5)cc4C3)CC2)cc1. The molecular weight excluding hydrogens is 380 g/mol. The van der Waals surface area contributed by atoms with E-state index in [-0.39, 0.29) is 5.91 Å². The lowest BCUT2D eigenvalue weighted by molar-refractivity contribution is -0.134. The Hall–Kier alpha value is -2.73. The van der Waals surface area contributed by atoms with Gasteiger partial charge in [0.2, 0.25) is 5.91 Å². The van der Waals surface area contributed by atoms with E-state index in [2.05, 4.69) is 17.0 Å². The lowest BCUT2D eigenvalue weighted by atomic mass is 9.94. The molecule has 2 heterocycles. The predicted octanol–water partition coefficient (Wildman–Crippen LogP) is 2.98. The summed E-state index contributed by atoms with van der Waals surface area (Å²) >= 11 is 0. The summed E-state index contributed by atoms with van der Waals surface area (Å²) in [5, 5.41) is 0. The smallest absolute Gasteiger partial charge is 0.233 e. The summed E-state index contributed by atoms with van der Waals surface area (Å²) in [6, 6.07) is 14.3. The van der Waals surface area contributed by atoms with Crippen LogP contribution >= 0.6 is 0 Å². The van der Waals surface area contributed by atoms with Crippen LogP contribution in [0.5, 0.6) is 11.5 Å². The first-order valence-corrected chi connectivity index (χ1v) is 10.7. The molecule has 6 heteroatoms.